The first-order valence-electron chi connectivity index (χ1n) is 6.26. The molecular formula is C14H12N4O2S. The van der Waals surface area contributed by atoms with Crippen molar-refractivity contribution in [3.63, 3.8) is 0 Å². The van der Waals surface area contributed by atoms with Crippen LogP contribution in [-0.4, -0.2) is 29.0 Å². The van der Waals surface area contributed by atoms with Crippen LogP contribution in [0.1, 0.15) is 5.82 Å². The molecule has 1 N–H and O–H groups in total. The van der Waals surface area contributed by atoms with Crippen LogP contribution in [0.3, 0.4) is 0 Å². The van der Waals surface area contributed by atoms with Gasteiger partial charge in [0.1, 0.15) is 5.75 Å². The predicted octanol–water partition coefficient (Wildman–Crippen LogP) is 1.84. The fourth-order valence-corrected chi connectivity index (χ4v) is 3.16. The summed E-state index contributed by atoms with van der Waals surface area (Å²) in [6.45, 7) is 0. The quantitative estimate of drug-likeness (QED) is 0.794. The van der Waals surface area contributed by atoms with Gasteiger partial charge in [0.15, 0.2) is 15.7 Å². The number of nitrogens with zero attached hydrogens (tertiary/aromatic N) is 3. The van der Waals surface area contributed by atoms with Gasteiger partial charge >= 0.3 is 0 Å². The van der Waals surface area contributed by atoms with E-state index in [1.165, 1.54) is 0 Å². The fraction of sp³-hybridized carbons (Fsp3) is 0.0714. The van der Waals surface area contributed by atoms with Gasteiger partial charge in [-0.15, -0.1) is 10.2 Å². The van der Waals surface area contributed by atoms with Crippen LogP contribution in [0.25, 0.3) is 11.1 Å². The molecule has 2 aromatic carbocycles. The minimum atomic E-state index is -3.47. The number of H-pyrrole nitrogens is 1. The first kappa shape index (κ1) is 13.4. The molecule has 21 heavy (non-hydrogen) atoms. The van der Waals surface area contributed by atoms with E-state index < -0.39 is 9.84 Å². The van der Waals surface area contributed by atoms with Gasteiger partial charge in [-0.05, 0) is 23.3 Å². The van der Waals surface area contributed by atoms with Crippen molar-refractivity contribution in [1.29, 1.82) is 0 Å². The van der Waals surface area contributed by atoms with E-state index in [-0.39, 0.29) is 16.5 Å². The molecule has 0 unspecified atom stereocenters. The number of nitrogens with one attached hydrogen (secondary N) is 1. The van der Waals surface area contributed by atoms with Crippen molar-refractivity contribution in [2.75, 3.05) is 0 Å². The number of aromatic amines is 1. The fourth-order valence-electron chi connectivity index (χ4n) is 1.98. The lowest BCUT2D eigenvalue weighted by Crippen LogP contribution is -2.06. The van der Waals surface area contributed by atoms with Crippen LogP contribution in [0.4, 0.5) is 0 Å². The number of rotatable bonds is 4. The van der Waals surface area contributed by atoms with E-state index in [0.29, 0.717) is 0 Å². The third kappa shape index (κ3) is 2.97. The van der Waals surface area contributed by atoms with Crippen molar-refractivity contribution >= 4 is 9.84 Å². The number of tetrazole rings is 1. The molecule has 0 saturated heterocycles. The minimum Gasteiger partial charge on any atom is -0.223 e. The van der Waals surface area contributed by atoms with Crippen LogP contribution >= 0.6 is 0 Å². The predicted molar refractivity (Wildman–Crippen MR) is 76.9 cm³/mol. The Morgan fingerprint density at radius 1 is 0.905 bits per heavy atom. The normalized spacial score (nSPS) is 11.4. The van der Waals surface area contributed by atoms with E-state index in [1.807, 2.05) is 30.3 Å². The van der Waals surface area contributed by atoms with Gasteiger partial charge in [0.05, 0.1) is 4.90 Å². The third-order valence-corrected chi connectivity index (χ3v) is 4.66. The van der Waals surface area contributed by atoms with E-state index >= 15 is 0 Å². The van der Waals surface area contributed by atoms with Crippen molar-refractivity contribution in [2.45, 2.75) is 10.6 Å². The Morgan fingerprint density at radius 3 is 2.19 bits per heavy atom. The molecule has 1 heterocycles. The summed E-state index contributed by atoms with van der Waals surface area (Å²) < 4.78 is 24.5. The van der Waals surface area contributed by atoms with Crippen LogP contribution in [0.15, 0.2) is 59.5 Å². The number of benzene rings is 2. The lowest BCUT2D eigenvalue weighted by atomic mass is 10.1. The van der Waals surface area contributed by atoms with E-state index in [4.69, 9.17) is 0 Å². The summed E-state index contributed by atoms with van der Waals surface area (Å²) in [6.07, 6.45) is 0. The Labute approximate surface area is 121 Å². The SMILES string of the molecule is O=S(=O)(Cc1nn[nH]n1)c1ccc(-c2ccccc2)cc1. The maximum absolute atomic E-state index is 12.2. The molecule has 0 atom stereocenters. The van der Waals surface area contributed by atoms with Crippen LogP contribution in [0.2, 0.25) is 0 Å². The summed E-state index contributed by atoms with van der Waals surface area (Å²) in [4.78, 5) is 0.243. The van der Waals surface area contributed by atoms with Crippen molar-refractivity contribution in [3.8, 4) is 11.1 Å². The molecule has 0 amide bonds. The van der Waals surface area contributed by atoms with Crippen molar-refractivity contribution in [2.24, 2.45) is 0 Å². The average molecular weight is 300 g/mol. The highest BCUT2D eigenvalue weighted by atomic mass is 32.2. The molecule has 0 aliphatic carbocycles. The summed E-state index contributed by atoms with van der Waals surface area (Å²) in [5.41, 5.74) is 2.01. The van der Waals surface area contributed by atoms with Crippen LogP contribution in [0, 0.1) is 0 Å². The first-order valence-corrected chi connectivity index (χ1v) is 7.91. The van der Waals surface area contributed by atoms with Crippen molar-refractivity contribution < 1.29 is 8.42 Å². The van der Waals surface area contributed by atoms with Gasteiger partial charge in [-0.3, -0.25) is 0 Å². The van der Waals surface area contributed by atoms with E-state index in [1.54, 1.807) is 24.3 Å². The molecule has 6 nitrogen and oxygen atoms in total. The Bertz CT molecular complexity index is 813. The molecule has 0 saturated carbocycles. The molecule has 7 heteroatoms. The zero-order valence-corrected chi connectivity index (χ0v) is 11.8. The first-order chi connectivity index (χ1) is 10.1. The van der Waals surface area contributed by atoms with Gasteiger partial charge < -0.3 is 0 Å². The van der Waals surface area contributed by atoms with E-state index in [9.17, 15) is 8.42 Å². The number of hydrogen-bond donors (Lipinski definition) is 1. The minimum absolute atomic E-state index is 0.155. The summed E-state index contributed by atoms with van der Waals surface area (Å²) in [7, 11) is -3.47. The molecule has 3 rings (SSSR count). The average Bonchev–Trinajstić information content (AvgIpc) is 3.00. The smallest absolute Gasteiger partial charge is 0.189 e. The van der Waals surface area contributed by atoms with Crippen LogP contribution in [0.5, 0.6) is 0 Å². The Morgan fingerprint density at radius 2 is 1.57 bits per heavy atom. The molecule has 0 bridgehead atoms. The van der Waals surface area contributed by atoms with E-state index in [2.05, 4.69) is 20.6 Å². The maximum Gasteiger partial charge on any atom is 0.189 e. The van der Waals surface area contributed by atoms with Gasteiger partial charge in [0.2, 0.25) is 0 Å². The Hall–Kier alpha value is -2.54. The van der Waals surface area contributed by atoms with E-state index in [0.717, 1.165) is 11.1 Å². The molecular weight excluding hydrogens is 288 g/mol. The highest BCUT2D eigenvalue weighted by molar-refractivity contribution is 7.90. The molecule has 0 radical (unpaired) electrons. The van der Waals surface area contributed by atoms with Gasteiger partial charge in [-0.25, -0.2) is 8.42 Å². The summed E-state index contributed by atoms with van der Waals surface area (Å²) in [5, 5.41) is 12.9. The largest absolute Gasteiger partial charge is 0.223 e. The van der Waals surface area contributed by atoms with Gasteiger partial charge in [0.25, 0.3) is 0 Å². The van der Waals surface area contributed by atoms with Crippen LogP contribution in [-0.2, 0) is 15.6 Å². The lowest BCUT2D eigenvalue weighted by molar-refractivity contribution is 0.594. The zero-order chi connectivity index (χ0) is 14.7. The molecule has 0 spiro atoms. The number of hydrogen-bond acceptors (Lipinski definition) is 5. The Kier molecular flexibility index (Phi) is 3.49. The topological polar surface area (TPSA) is 88.6 Å². The highest BCUT2D eigenvalue weighted by Crippen LogP contribution is 2.22. The van der Waals surface area contributed by atoms with Gasteiger partial charge in [-0.1, -0.05) is 47.7 Å². The molecule has 0 aliphatic rings. The second kappa shape index (κ2) is 5.45. The molecule has 106 valence electrons. The summed E-state index contributed by atoms with van der Waals surface area (Å²) in [5.74, 6) is -0.115. The van der Waals surface area contributed by atoms with Crippen molar-refractivity contribution in [3.05, 3.63) is 60.4 Å². The second-order valence-electron chi connectivity index (χ2n) is 4.48. The zero-order valence-electron chi connectivity index (χ0n) is 11.0. The summed E-state index contributed by atoms with van der Waals surface area (Å²) >= 11 is 0. The third-order valence-electron chi connectivity index (χ3n) is 3.03. The van der Waals surface area contributed by atoms with Crippen LogP contribution < -0.4 is 0 Å². The maximum atomic E-state index is 12.2. The molecule has 0 fully saturated rings. The molecule has 3 aromatic rings. The molecule has 1 aromatic heterocycles. The highest BCUT2D eigenvalue weighted by Gasteiger charge is 2.17. The monoisotopic (exact) mass is 300 g/mol. The Balaban J connectivity index is 1.87. The number of aromatic nitrogens is 4. The number of sulfone groups is 1. The lowest BCUT2D eigenvalue weighted by Gasteiger charge is -2.04. The van der Waals surface area contributed by atoms with Gasteiger partial charge in [0, 0.05) is 0 Å². The standard InChI is InChI=1S/C14H12N4O2S/c19-21(20,10-14-15-17-18-16-14)13-8-6-12(7-9-13)11-4-2-1-3-5-11/h1-9H,10H2,(H,15,16,17,18). The summed E-state index contributed by atoms with van der Waals surface area (Å²) in [6, 6.07) is 16.5. The molecule has 0 aliphatic heterocycles. The van der Waals surface area contributed by atoms with Gasteiger partial charge in [-0.2, -0.15) is 5.21 Å². The second-order valence-corrected chi connectivity index (χ2v) is 6.47. The van der Waals surface area contributed by atoms with Crippen molar-refractivity contribution in [1.82, 2.24) is 20.6 Å².